The lowest BCUT2D eigenvalue weighted by atomic mass is 9.81. The van der Waals surface area contributed by atoms with E-state index >= 15 is 0 Å². The second-order valence-electron chi connectivity index (χ2n) is 6.40. The van der Waals surface area contributed by atoms with Crippen molar-refractivity contribution in [3.8, 4) is 0 Å². The van der Waals surface area contributed by atoms with Gasteiger partial charge in [-0.05, 0) is 29.9 Å². The highest BCUT2D eigenvalue weighted by molar-refractivity contribution is 7.88. The quantitative estimate of drug-likeness (QED) is 0.926. The number of nitrogens with two attached hydrogens (primary N) is 1. The van der Waals surface area contributed by atoms with E-state index in [-0.39, 0.29) is 17.2 Å². The van der Waals surface area contributed by atoms with Crippen LogP contribution in [0.5, 0.6) is 0 Å². The first kappa shape index (κ1) is 15.5. The third-order valence-corrected chi connectivity index (χ3v) is 6.04. The van der Waals surface area contributed by atoms with Gasteiger partial charge in [-0.25, -0.2) is 12.7 Å². The number of rotatable bonds is 3. The summed E-state index contributed by atoms with van der Waals surface area (Å²) >= 11 is 0. The van der Waals surface area contributed by atoms with E-state index in [1.165, 1.54) is 0 Å². The van der Waals surface area contributed by atoms with E-state index in [0.29, 0.717) is 13.1 Å². The minimum atomic E-state index is -3.28. The maximum atomic E-state index is 12.6. The fourth-order valence-corrected chi connectivity index (χ4v) is 4.43. The molecule has 5 heteroatoms. The SMILES string of the molecule is Cc1ccccc1CS(=O)(=O)N1CCC(N)C(C)(C)C1. The minimum absolute atomic E-state index is 0.0624. The normalized spacial score (nSPS) is 23.7. The molecular weight excluding hydrogens is 272 g/mol. The fraction of sp³-hybridized carbons (Fsp3) is 0.600. The first-order valence-electron chi connectivity index (χ1n) is 7.00. The van der Waals surface area contributed by atoms with Gasteiger partial charge in [0, 0.05) is 19.1 Å². The van der Waals surface area contributed by atoms with Crippen LogP contribution >= 0.6 is 0 Å². The molecule has 1 atom stereocenters. The Hall–Kier alpha value is -0.910. The monoisotopic (exact) mass is 296 g/mol. The first-order chi connectivity index (χ1) is 9.22. The second-order valence-corrected chi connectivity index (χ2v) is 8.37. The van der Waals surface area contributed by atoms with Crippen LogP contribution in [0.4, 0.5) is 0 Å². The molecule has 0 aromatic heterocycles. The highest BCUT2D eigenvalue weighted by Gasteiger charge is 2.38. The summed E-state index contributed by atoms with van der Waals surface area (Å²) in [5.74, 6) is 0.0744. The Bertz CT molecular complexity index is 581. The van der Waals surface area contributed by atoms with Gasteiger partial charge in [0.1, 0.15) is 0 Å². The van der Waals surface area contributed by atoms with Gasteiger partial charge in [-0.15, -0.1) is 0 Å². The highest BCUT2D eigenvalue weighted by Crippen LogP contribution is 2.30. The molecule has 0 radical (unpaired) electrons. The van der Waals surface area contributed by atoms with Gasteiger partial charge in [0.05, 0.1) is 5.75 Å². The fourth-order valence-electron chi connectivity index (χ4n) is 2.62. The van der Waals surface area contributed by atoms with Gasteiger partial charge in [0.2, 0.25) is 10.0 Å². The predicted octanol–water partition coefficient (Wildman–Crippen LogP) is 1.88. The molecule has 1 aliphatic rings. The molecule has 2 rings (SSSR count). The largest absolute Gasteiger partial charge is 0.327 e. The molecule has 1 aromatic carbocycles. The van der Waals surface area contributed by atoms with Crippen LogP contribution in [0.2, 0.25) is 0 Å². The molecule has 4 nitrogen and oxygen atoms in total. The van der Waals surface area contributed by atoms with Crippen LogP contribution in [0, 0.1) is 12.3 Å². The number of piperidine rings is 1. The van der Waals surface area contributed by atoms with Crippen molar-refractivity contribution in [1.29, 1.82) is 0 Å². The lowest BCUT2D eigenvalue weighted by Gasteiger charge is -2.41. The van der Waals surface area contributed by atoms with Crippen LogP contribution in [0.25, 0.3) is 0 Å². The standard InChI is InChI=1S/C15H24N2O2S/c1-12-6-4-5-7-13(12)10-20(18,19)17-9-8-14(16)15(2,3)11-17/h4-7,14H,8-11,16H2,1-3H3. The summed E-state index contributed by atoms with van der Waals surface area (Å²) in [6, 6.07) is 7.70. The smallest absolute Gasteiger partial charge is 0.218 e. The van der Waals surface area contributed by atoms with E-state index in [1.807, 2.05) is 45.0 Å². The van der Waals surface area contributed by atoms with Crippen molar-refractivity contribution in [1.82, 2.24) is 4.31 Å². The van der Waals surface area contributed by atoms with Gasteiger partial charge < -0.3 is 5.73 Å². The van der Waals surface area contributed by atoms with Crippen molar-refractivity contribution in [3.05, 3.63) is 35.4 Å². The predicted molar refractivity (Wildman–Crippen MR) is 81.7 cm³/mol. The highest BCUT2D eigenvalue weighted by atomic mass is 32.2. The number of benzene rings is 1. The van der Waals surface area contributed by atoms with Gasteiger partial charge in [-0.3, -0.25) is 0 Å². The van der Waals surface area contributed by atoms with E-state index in [2.05, 4.69) is 0 Å². The molecule has 1 fully saturated rings. The van der Waals surface area contributed by atoms with Crippen molar-refractivity contribution in [3.63, 3.8) is 0 Å². The topological polar surface area (TPSA) is 63.4 Å². The Balaban J connectivity index is 2.18. The van der Waals surface area contributed by atoms with E-state index in [0.717, 1.165) is 17.5 Å². The average Bonchev–Trinajstić information content (AvgIpc) is 2.35. The maximum Gasteiger partial charge on any atom is 0.218 e. The maximum absolute atomic E-state index is 12.6. The Labute approximate surface area is 122 Å². The van der Waals surface area contributed by atoms with Crippen LogP contribution in [-0.2, 0) is 15.8 Å². The number of nitrogens with zero attached hydrogens (tertiary/aromatic N) is 1. The van der Waals surface area contributed by atoms with Gasteiger partial charge in [-0.2, -0.15) is 0 Å². The average molecular weight is 296 g/mol. The van der Waals surface area contributed by atoms with Crippen LogP contribution in [0.1, 0.15) is 31.4 Å². The van der Waals surface area contributed by atoms with Crippen molar-refractivity contribution in [2.75, 3.05) is 13.1 Å². The molecule has 0 spiro atoms. The van der Waals surface area contributed by atoms with Crippen molar-refractivity contribution < 1.29 is 8.42 Å². The number of aryl methyl sites for hydroxylation is 1. The Morgan fingerprint density at radius 1 is 1.35 bits per heavy atom. The van der Waals surface area contributed by atoms with Crippen LogP contribution in [0.15, 0.2) is 24.3 Å². The molecule has 1 aromatic rings. The van der Waals surface area contributed by atoms with E-state index in [4.69, 9.17) is 5.73 Å². The van der Waals surface area contributed by atoms with Gasteiger partial charge >= 0.3 is 0 Å². The van der Waals surface area contributed by atoms with E-state index < -0.39 is 10.0 Å². The van der Waals surface area contributed by atoms with Crippen LogP contribution in [-0.4, -0.2) is 31.9 Å². The lowest BCUT2D eigenvalue weighted by molar-refractivity contribution is 0.155. The zero-order valence-corrected chi connectivity index (χ0v) is 13.3. The van der Waals surface area contributed by atoms with Crippen molar-refractivity contribution in [2.45, 2.75) is 39.0 Å². The summed E-state index contributed by atoms with van der Waals surface area (Å²) in [4.78, 5) is 0. The zero-order valence-electron chi connectivity index (χ0n) is 12.5. The molecule has 1 aliphatic heterocycles. The number of sulfonamides is 1. The molecule has 112 valence electrons. The molecule has 0 bridgehead atoms. The van der Waals surface area contributed by atoms with Crippen LogP contribution < -0.4 is 5.73 Å². The summed E-state index contributed by atoms with van der Waals surface area (Å²) in [6.45, 7) is 7.04. The third kappa shape index (κ3) is 3.22. The Morgan fingerprint density at radius 3 is 2.60 bits per heavy atom. The van der Waals surface area contributed by atoms with Gasteiger partial charge in [-0.1, -0.05) is 38.1 Å². The van der Waals surface area contributed by atoms with E-state index in [9.17, 15) is 8.42 Å². The molecule has 0 amide bonds. The molecule has 20 heavy (non-hydrogen) atoms. The molecule has 1 heterocycles. The van der Waals surface area contributed by atoms with E-state index in [1.54, 1.807) is 4.31 Å². The van der Waals surface area contributed by atoms with Crippen LogP contribution in [0.3, 0.4) is 0 Å². The Kier molecular flexibility index (Phi) is 4.23. The first-order valence-corrected chi connectivity index (χ1v) is 8.61. The molecule has 1 saturated heterocycles. The summed E-state index contributed by atoms with van der Waals surface area (Å²) in [5, 5.41) is 0. The van der Waals surface area contributed by atoms with Crippen molar-refractivity contribution in [2.24, 2.45) is 11.1 Å². The summed E-state index contributed by atoms with van der Waals surface area (Å²) in [6.07, 6.45) is 0.722. The second kappa shape index (κ2) is 5.47. The zero-order chi connectivity index (χ0) is 15.0. The number of hydrogen-bond donors (Lipinski definition) is 1. The third-order valence-electron chi connectivity index (χ3n) is 4.27. The summed E-state index contributed by atoms with van der Waals surface area (Å²) in [5.41, 5.74) is 7.80. The lowest BCUT2D eigenvalue weighted by Crippen LogP contribution is -2.54. The summed E-state index contributed by atoms with van der Waals surface area (Å²) in [7, 11) is -3.28. The Morgan fingerprint density at radius 2 is 2.00 bits per heavy atom. The molecular formula is C15H24N2O2S. The molecule has 0 saturated carbocycles. The van der Waals surface area contributed by atoms with Gasteiger partial charge in [0.25, 0.3) is 0 Å². The minimum Gasteiger partial charge on any atom is -0.327 e. The molecule has 2 N–H and O–H groups in total. The molecule has 0 aliphatic carbocycles. The molecule has 1 unspecified atom stereocenters. The summed E-state index contributed by atoms with van der Waals surface area (Å²) < 4.78 is 26.8. The van der Waals surface area contributed by atoms with Gasteiger partial charge in [0.15, 0.2) is 0 Å². The van der Waals surface area contributed by atoms with Crippen molar-refractivity contribution >= 4 is 10.0 Å². The number of hydrogen-bond acceptors (Lipinski definition) is 3.